The van der Waals surface area contributed by atoms with Crippen molar-refractivity contribution in [2.24, 2.45) is 0 Å². The molecule has 0 aliphatic carbocycles. The Morgan fingerprint density at radius 3 is 2.71 bits per heavy atom. The van der Waals surface area contributed by atoms with Gasteiger partial charge in [0.05, 0.1) is 11.9 Å². The molecule has 0 saturated carbocycles. The maximum absolute atomic E-state index is 10.6. The number of aromatic nitrogens is 3. The molecule has 0 radical (unpaired) electrons. The van der Waals surface area contributed by atoms with Gasteiger partial charge in [-0.25, -0.2) is 9.48 Å². The van der Waals surface area contributed by atoms with Crippen molar-refractivity contribution in [3.8, 4) is 5.69 Å². The standard InChI is InChI=1S/C9H8BN3O4/c14-9(15)8-5-13(12-11-8)7-3-1-2-6(4-7)10(16)17/h1-5,16-17H,(H,14,15). The van der Waals surface area contributed by atoms with Crippen LogP contribution in [-0.2, 0) is 0 Å². The van der Waals surface area contributed by atoms with Crippen LogP contribution in [0.1, 0.15) is 10.5 Å². The lowest BCUT2D eigenvalue weighted by Crippen LogP contribution is -2.29. The highest BCUT2D eigenvalue weighted by atomic mass is 16.4. The zero-order valence-corrected chi connectivity index (χ0v) is 8.56. The molecule has 1 aromatic carbocycles. The fourth-order valence-electron chi connectivity index (χ4n) is 1.32. The van der Waals surface area contributed by atoms with E-state index in [0.717, 1.165) is 0 Å². The second-order valence-corrected chi connectivity index (χ2v) is 3.32. The molecular weight excluding hydrogens is 225 g/mol. The van der Waals surface area contributed by atoms with Gasteiger partial charge >= 0.3 is 13.1 Å². The number of rotatable bonds is 3. The molecule has 8 heteroatoms. The van der Waals surface area contributed by atoms with Gasteiger partial charge in [-0.1, -0.05) is 17.3 Å². The second-order valence-electron chi connectivity index (χ2n) is 3.32. The Balaban J connectivity index is 2.38. The summed E-state index contributed by atoms with van der Waals surface area (Å²) >= 11 is 0. The highest BCUT2D eigenvalue weighted by Crippen LogP contribution is 2.05. The Labute approximate surface area is 96.1 Å². The van der Waals surface area contributed by atoms with Crippen molar-refractivity contribution < 1.29 is 19.9 Å². The van der Waals surface area contributed by atoms with E-state index in [2.05, 4.69) is 10.3 Å². The molecule has 1 heterocycles. The first-order valence-electron chi connectivity index (χ1n) is 4.70. The SMILES string of the molecule is O=C(O)c1cn(-c2cccc(B(O)O)c2)nn1. The highest BCUT2D eigenvalue weighted by molar-refractivity contribution is 6.58. The summed E-state index contributed by atoms with van der Waals surface area (Å²) < 4.78 is 1.25. The van der Waals surface area contributed by atoms with E-state index < -0.39 is 13.1 Å². The van der Waals surface area contributed by atoms with Gasteiger partial charge < -0.3 is 15.2 Å². The number of benzene rings is 1. The van der Waals surface area contributed by atoms with Crippen LogP contribution in [0.15, 0.2) is 30.5 Å². The maximum Gasteiger partial charge on any atom is 0.488 e. The molecule has 0 atom stereocenters. The van der Waals surface area contributed by atoms with Crippen molar-refractivity contribution in [1.29, 1.82) is 0 Å². The van der Waals surface area contributed by atoms with Gasteiger partial charge in [-0.15, -0.1) is 5.10 Å². The third kappa shape index (κ3) is 2.32. The molecule has 0 bridgehead atoms. The van der Waals surface area contributed by atoms with Gasteiger partial charge in [0.25, 0.3) is 0 Å². The average molecular weight is 233 g/mol. The summed E-state index contributed by atoms with van der Waals surface area (Å²) in [4.78, 5) is 10.6. The van der Waals surface area contributed by atoms with E-state index in [1.54, 1.807) is 12.1 Å². The largest absolute Gasteiger partial charge is 0.488 e. The maximum atomic E-state index is 10.6. The molecule has 0 aliphatic rings. The molecule has 0 amide bonds. The van der Waals surface area contributed by atoms with Crippen LogP contribution in [0.4, 0.5) is 0 Å². The third-order valence-electron chi connectivity index (χ3n) is 2.15. The minimum Gasteiger partial charge on any atom is -0.476 e. The van der Waals surface area contributed by atoms with Crippen molar-refractivity contribution >= 4 is 18.6 Å². The van der Waals surface area contributed by atoms with Gasteiger partial charge in [0, 0.05) is 0 Å². The van der Waals surface area contributed by atoms with Gasteiger partial charge in [-0.3, -0.25) is 0 Å². The highest BCUT2D eigenvalue weighted by Gasteiger charge is 2.13. The monoisotopic (exact) mass is 233 g/mol. The van der Waals surface area contributed by atoms with Gasteiger partial charge in [-0.2, -0.15) is 0 Å². The molecule has 0 aliphatic heterocycles. The van der Waals surface area contributed by atoms with Crippen LogP contribution in [0.25, 0.3) is 5.69 Å². The van der Waals surface area contributed by atoms with Crippen LogP contribution in [0.5, 0.6) is 0 Å². The van der Waals surface area contributed by atoms with Gasteiger partial charge in [0.2, 0.25) is 0 Å². The van der Waals surface area contributed by atoms with E-state index in [1.807, 2.05) is 0 Å². The van der Waals surface area contributed by atoms with Crippen LogP contribution in [0, 0.1) is 0 Å². The molecule has 2 rings (SSSR count). The van der Waals surface area contributed by atoms with E-state index in [0.29, 0.717) is 5.69 Å². The number of carbonyl (C=O) groups is 1. The summed E-state index contributed by atoms with van der Waals surface area (Å²) in [6.07, 6.45) is 1.24. The number of carboxylic acid groups (broad SMARTS) is 1. The predicted molar refractivity (Wildman–Crippen MR) is 58.1 cm³/mol. The predicted octanol–water partition coefficient (Wildman–Crippen LogP) is -1.35. The second kappa shape index (κ2) is 4.36. The van der Waals surface area contributed by atoms with E-state index in [1.165, 1.54) is 23.0 Å². The Bertz CT molecular complexity index is 555. The number of nitrogens with zero attached hydrogens (tertiary/aromatic N) is 3. The minimum atomic E-state index is -1.59. The number of carboxylic acids is 1. The van der Waals surface area contributed by atoms with Crippen molar-refractivity contribution in [3.05, 3.63) is 36.2 Å². The van der Waals surface area contributed by atoms with Gasteiger partial charge in [0.1, 0.15) is 0 Å². The van der Waals surface area contributed by atoms with Crippen molar-refractivity contribution in [2.75, 3.05) is 0 Å². The lowest BCUT2D eigenvalue weighted by atomic mass is 9.80. The molecule has 1 aromatic heterocycles. The van der Waals surface area contributed by atoms with E-state index in [-0.39, 0.29) is 11.2 Å². The molecular formula is C9H8BN3O4. The first kappa shape index (κ1) is 11.3. The lowest BCUT2D eigenvalue weighted by Gasteiger charge is -2.03. The third-order valence-corrected chi connectivity index (χ3v) is 2.15. The first-order chi connectivity index (χ1) is 8.08. The molecule has 0 saturated heterocycles. The summed E-state index contributed by atoms with van der Waals surface area (Å²) in [5.74, 6) is -1.17. The van der Waals surface area contributed by atoms with Crippen LogP contribution < -0.4 is 5.46 Å². The summed E-state index contributed by atoms with van der Waals surface area (Å²) in [6, 6.07) is 6.26. The Kier molecular flexibility index (Phi) is 2.90. The normalized spacial score (nSPS) is 10.2. The van der Waals surface area contributed by atoms with Crippen LogP contribution in [0.3, 0.4) is 0 Å². The molecule has 2 aromatic rings. The summed E-state index contributed by atoms with van der Waals surface area (Å²) in [7, 11) is -1.59. The van der Waals surface area contributed by atoms with Crippen molar-refractivity contribution in [3.63, 3.8) is 0 Å². The quantitative estimate of drug-likeness (QED) is 0.565. The number of hydrogen-bond donors (Lipinski definition) is 3. The molecule has 0 spiro atoms. The Hall–Kier alpha value is -2.19. The lowest BCUT2D eigenvalue weighted by molar-refractivity contribution is 0.0690. The molecule has 0 fully saturated rings. The Morgan fingerprint density at radius 1 is 1.35 bits per heavy atom. The van der Waals surface area contributed by atoms with Crippen LogP contribution in [0.2, 0.25) is 0 Å². The average Bonchev–Trinajstić information content (AvgIpc) is 2.78. The number of hydrogen-bond acceptors (Lipinski definition) is 5. The topological polar surface area (TPSA) is 108 Å². The molecule has 17 heavy (non-hydrogen) atoms. The zero-order valence-electron chi connectivity index (χ0n) is 8.56. The van der Waals surface area contributed by atoms with Crippen LogP contribution >= 0.6 is 0 Å². The smallest absolute Gasteiger partial charge is 0.476 e. The van der Waals surface area contributed by atoms with Gasteiger partial charge in [-0.05, 0) is 17.6 Å². The van der Waals surface area contributed by atoms with E-state index in [9.17, 15) is 4.79 Å². The summed E-state index contributed by atoms with van der Waals surface area (Å²) in [5, 5.41) is 33.8. The molecule has 0 unspecified atom stereocenters. The minimum absolute atomic E-state index is 0.181. The van der Waals surface area contributed by atoms with E-state index >= 15 is 0 Å². The first-order valence-corrected chi connectivity index (χ1v) is 4.70. The number of aromatic carboxylic acids is 1. The molecule has 3 N–H and O–H groups in total. The van der Waals surface area contributed by atoms with Crippen LogP contribution in [-0.4, -0.2) is 43.2 Å². The summed E-state index contributed by atoms with van der Waals surface area (Å²) in [6.45, 7) is 0. The van der Waals surface area contributed by atoms with Gasteiger partial charge in [0.15, 0.2) is 5.69 Å². The van der Waals surface area contributed by atoms with Crippen molar-refractivity contribution in [1.82, 2.24) is 15.0 Å². The zero-order chi connectivity index (χ0) is 12.4. The fourth-order valence-corrected chi connectivity index (χ4v) is 1.32. The Morgan fingerprint density at radius 2 is 2.12 bits per heavy atom. The van der Waals surface area contributed by atoms with E-state index in [4.69, 9.17) is 15.2 Å². The fraction of sp³-hybridized carbons (Fsp3) is 0. The van der Waals surface area contributed by atoms with Crippen molar-refractivity contribution in [2.45, 2.75) is 0 Å². The summed E-state index contributed by atoms with van der Waals surface area (Å²) in [5.41, 5.74) is 0.602. The molecule has 7 nitrogen and oxygen atoms in total. The molecule has 86 valence electrons.